The van der Waals surface area contributed by atoms with Gasteiger partial charge in [-0.05, 0) is 19.4 Å². The molecule has 0 spiro atoms. The van der Waals surface area contributed by atoms with Crippen LogP contribution in [0.15, 0.2) is 40.2 Å². The van der Waals surface area contributed by atoms with Crippen molar-refractivity contribution in [2.45, 2.75) is 25.4 Å². The second-order valence-corrected chi connectivity index (χ2v) is 6.08. The van der Waals surface area contributed by atoms with E-state index < -0.39 is 11.7 Å². The zero-order chi connectivity index (χ0) is 18.2. The lowest BCUT2D eigenvalue weighted by molar-refractivity contribution is -0.118. The Morgan fingerprint density at radius 3 is 2.68 bits per heavy atom. The molecule has 0 aliphatic heterocycles. The number of nitrogens with zero attached hydrogens (tertiary/aromatic N) is 1. The molecule has 0 bridgehead atoms. The van der Waals surface area contributed by atoms with Gasteiger partial charge in [-0.1, -0.05) is 42.1 Å². The van der Waals surface area contributed by atoms with Gasteiger partial charge < -0.3 is 15.0 Å². The molecule has 7 nitrogen and oxygen atoms in total. The lowest BCUT2D eigenvalue weighted by Crippen LogP contribution is -2.25. The highest BCUT2D eigenvalue weighted by molar-refractivity contribution is 8.00. The van der Waals surface area contributed by atoms with E-state index in [0.29, 0.717) is 12.2 Å². The Balaban J connectivity index is 2.03. The standard InChI is InChI=1S/C17H19N3O4S/c1-3-24-16(22)14-11(2)19-17(23)20-15(14)25-10-13(21)18-9-12-7-5-4-6-8-12/h4-8H,3,9-10H2,1-2H3,(H,18,21)(H,19,20,23). The molecule has 2 aromatic rings. The number of aryl methyl sites for hydroxylation is 1. The third-order valence-corrected chi connectivity index (χ3v) is 4.21. The van der Waals surface area contributed by atoms with E-state index in [0.717, 1.165) is 17.3 Å². The summed E-state index contributed by atoms with van der Waals surface area (Å²) in [4.78, 5) is 41.9. The SMILES string of the molecule is CCOC(=O)c1c(SCC(=O)NCc2ccccc2)nc(=O)[nH]c1C. The maximum Gasteiger partial charge on any atom is 0.346 e. The Hall–Kier alpha value is -2.61. The van der Waals surface area contributed by atoms with Crippen molar-refractivity contribution in [2.24, 2.45) is 0 Å². The quantitative estimate of drug-likeness (QED) is 0.442. The van der Waals surface area contributed by atoms with Crippen LogP contribution in [0.3, 0.4) is 0 Å². The molecule has 0 aliphatic carbocycles. The molecule has 0 saturated heterocycles. The molecule has 1 amide bonds. The maximum atomic E-state index is 12.1. The number of carbonyl (C=O) groups is 2. The van der Waals surface area contributed by atoms with Crippen molar-refractivity contribution in [1.82, 2.24) is 15.3 Å². The van der Waals surface area contributed by atoms with Crippen molar-refractivity contribution in [2.75, 3.05) is 12.4 Å². The fourth-order valence-corrected chi connectivity index (χ4v) is 2.99. The Morgan fingerprint density at radius 2 is 2.00 bits per heavy atom. The number of rotatable bonds is 7. The predicted molar refractivity (Wildman–Crippen MR) is 94.6 cm³/mol. The van der Waals surface area contributed by atoms with Gasteiger partial charge in [0.1, 0.15) is 10.6 Å². The summed E-state index contributed by atoms with van der Waals surface area (Å²) >= 11 is 1.03. The van der Waals surface area contributed by atoms with E-state index in [-0.39, 0.29) is 28.9 Å². The van der Waals surface area contributed by atoms with E-state index in [4.69, 9.17) is 4.74 Å². The van der Waals surface area contributed by atoms with Gasteiger partial charge >= 0.3 is 11.7 Å². The molecule has 0 unspecified atom stereocenters. The minimum Gasteiger partial charge on any atom is -0.462 e. The highest BCUT2D eigenvalue weighted by atomic mass is 32.2. The number of aromatic nitrogens is 2. The molecule has 132 valence electrons. The van der Waals surface area contributed by atoms with E-state index >= 15 is 0 Å². The van der Waals surface area contributed by atoms with E-state index in [2.05, 4.69) is 15.3 Å². The van der Waals surface area contributed by atoms with Crippen molar-refractivity contribution in [3.05, 3.63) is 57.6 Å². The van der Waals surface area contributed by atoms with Crippen LogP contribution in [0.25, 0.3) is 0 Å². The van der Waals surface area contributed by atoms with E-state index in [1.165, 1.54) is 0 Å². The van der Waals surface area contributed by atoms with Crippen LogP contribution in [-0.4, -0.2) is 34.2 Å². The molecule has 0 saturated carbocycles. The first-order valence-electron chi connectivity index (χ1n) is 7.72. The van der Waals surface area contributed by atoms with Crippen LogP contribution in [0.4, 0.5) is 0 Å². The number of amides is 1. The highest BCUT2D eigenvalue weighted by Crippen LogP contribution is 2.21. The average Bonchev–Trinajstić information content (AvgIpc) is 2.58. The van der Waals surface area contributed by atoms with Crippen LogP contribution in [0.2, 0.25) is 0 Å². The molecule has 25 heavy (non-hydrogen) atoms. The topological polar surface area (TPSA) is 101 Å². The molecule has 0 fully saturated rings. The number of hydrogen-bond donors (Lipinski definition) is 2. The first-order chi connectivity index (χ1) is 12.0. The average molecular weight is 361 g/mol. The second kappa shape index (κ2) is 9.03. The normalized spacial score (nSPS) is 10.3. The number of carbonyl (C=O) groups excluding carboxylic acids is 2. The number of esters is 1. The third kappa shape index (κ3) is 5.46. The van der Waals surface area contributed by atoms with Gasteiger partial charge in [-0.25, -0.2) is 9.59 Å². The van der Waals surface area contributed by atoms with Gasteiger partial charge in [-0.15, -0.1) is 0 Å². The second-order valence-electron chi connectivity index (χ2n) is 5.12. The Labute approximate surface area is 149 Å². The van der Waals surface area contributed by atoms with Gasteiger partial charge in [0.15, 0.2) is 0 Å². The van der Waals surface area contributed by atoms with Gasteiger partial charge in [0, 0.05) is 12.2 Å². The van der Waals surface area contributed by atoms with Crippen LogP contribution >= 0.6 is 11.8 Å². The lowest BCUT2D eigenvalue weighted by Gasteiger charge is -2.10. The highest BCUT2D eigenvalue weighted by Gasteiger charge is 2.19. The summed E-state index contributed by atoms with van der Waals surface area (Å²) in [6.07, 6.45) is 0. The van der Waals surface area contributed by atoms with Crippen LogP contribution < -0.4 is 11.0 Å². The molecule has 2 N–H and O–H groups in total. The zero-order valence-corrected chi connectivity index (χ0v) is 14.8. The van der Waals surface area contributed by atoms with Crippen molar-refractivity contribution in [1.29, 1.82) is 0 Å². The molecule has 1 aromatic heterocycles. The number of H-pyrrole nitrogens is 1. The van der Waals surface area contributed by atoms with Crippen LogP contribution in [0, 0.1) is 6.92 Å². The smallest absolute Gasteiger partial charge is 0.346 e. The summed E-state index contributed by atoms with van der Waals surface area (Å²) in [5.41, 5.74) is 0.962. The summed E-state index contributed by atoms with van der Waals surface area (Å²) in [6, 6.07) is 9.51. The zero-order valence-electron chi connectivity index (χ0n) is 14.0. The Bertz CT molecular complexity index is 805. The summed E-state index contributed by atoms with van der Waals surface area (Å²) in [5, 5.41) is 2.97. The summed E-state index contributed by atoms with van der Waals surface area (Å²) in [6.45, 7) is 3.90. The van der Waals surface area contributed by atoms with Crippen LogP contribution in [0.5, 0.6) is 0 Å². The Morgan fingerprint density at radius 1 is 1.28 bits per heavy atom. The minimum absolute atomic E-state index is 0.0368. The van der Waals surface area contributed by atoms with Crippen molar-refractivity contribution in [3.63, 3.8) is 0 Å². The van der Waals surface area contributed by atoms with Crippen molar-refractivity contribution < 1.29 is 14.3 Å². The maximum absolute atomic E-state index is 12.1. The molecular weight excluding hydrogens is 342 g/mol. The van der Waals surface area contributed by atoms with Gasteiger partial charge in [0.25, 0.3) is 0 Å². The minimum atomic E-state index is -0.573. The molecule has 0 atom stereocenters. The summed E-state index contributed by atoms with van der Waals surface area (Å²) < 4.78 is 4.99. The fraction of sp³-hybridized carbons (Fsp3) is 0.294. The number of aromatic amines is 1. The molecule has 8 heteroatoms. The molecule has 0 radical (unpaired) electrons. The van der Waals surface area contributed by atoms with Gasteiger partial charge in [-0.2, -0.15) is 4.98 Å². The summed E-state index contributed by atoms with van der Waals surface area (Å²) in [5.74, 6) is -0.755. The number of benzene rings is 1. The number of hydrogen-bond acceptors (Lipinski definition) is 6. The van der Waals surface area contributed by atoms with Gasteiger partial charge in [0.05, 0.1) is 12.4 Å². The van der Waals surface area contributed by atoms with E-state index in [1.54, 1.807) is 13.8 Å². The first-order valence-corrected chi connectivity index (χ1v) is 8.71. The molecule has 1 aromatic carbocycles. The van der Waals surface area contributed by atoms with Crippen LogP contribution in [-0.2, 0) is 16.1 Å². The molecule has 0 aliphatic rings. The van der Waals surface area contributed by atoms with Gasteiger partial charge in [0.2, 0.25) is 5.91 Å². The number of thioether (sulfide) groups is 1. The molecular formula is C17H19N3O4S. The molecule has 1 heterocycles. The van der Waals surface area contributed by atoms with Crippen molar-refractivity contribution >= 4 is 23.6 Å². The fourth-order valence-electron chi connectivity index (χ4n) is 2.09. The van der Waals surface area contributed by atoms with Gasteiger partial charge in [-0.3, -0.25) is 4.79 Å². The monoisotopic (exact) mass is 361 g/mol. The van der Waals surface area contributed by atoms with Crippen LogP contribution in [0.1, 0.15) is 28.5 Å². The predicted octanol–water partition coefficient (Wildman–Crippen LogP) is 1.66. The van der Waals surface area contributed by atoms with E-state index in [9.17, 15) is 14.4 Å². The Kier molecular flexibility index (Phi) is 6.76. The van der Waals surface area contributed by atoms with E-state index in [1.807, 2.05) is 30.3 Å². The first kappa shape index (κ1) is 18.7. The lowest BCUT2D eigenvalue weighted by atomic mass is 10.2. The molecule has 2 rings (SSSR count). The largest absolute Gasteiger partial charge is 0.462 e. The van der Waals surface area contributed by atoms with Crippen molar-refractivity contribution in [3.8, 4) is 0 Å². The number of ether oxygens (including phenoxy) is 1. The summed E-state index contributed by atoms with van der Waals surface area (Å²) in [7, 11) is 0. The third-order valence-electron chi connectivity index (χ3n) is 3.24. The number of nitrogens with one attached hydrogen (secondary N) is 2.